The number of amides is 1. The lowest BCUT2D eigenvalue weighted by molar-refractivity contribution is -0.350. The molecule has 0 spiro atoms. The molecule has 0 aromatic heterocycles. The molecular formula is C26H31NO8. The van der Waals surface area contributed by atoms with Crippen LogP contribution in [0.4, 0.5) is 0 Å². The van der Waals surface area contributed by atoms with Gasteiger partial charge in [0.15, 0.2) is 18.7 Å². The molecule has 4 rings (SSSR count). The molecule has 2 aromatic rings. The summed E-state index contributed by atoms with van der Waals surface area (Å²) in [5.41, 5.74) is 1.91. The third kappa shape index (κ3) is 6.45. The number of fused-ring (bicyclic) bond motifs is 1. The Morgan fingerprint density at radius 1 is 1.09 bits per heavy atom. The van der Waals surface area contributed by atoms with Crippen molar-refractivity contribution in [3.63, 3.8) is 0 Å². The predicted octanol–water partition coefficient (Wildman–Crippen LogP) is 2.45. The Bertz CT molecular complexity index is 972. The summed E-state index contributed by atoms with van der Waals surface area (Å²) in [5, 5.41) is 12.3. The van der Waals surface area contributed by atoms with Crippen LogP contribution in [-0.2, 0) is 39.7 Å². The fraction of sp³-hybridized carbons (Fsp3) is 0.462. The van der Waals surface area contributed by atoms with Gasteiger partial charge in [0.05, 0.1) is 13.2 Å². The maximum absolute atomic E-state index is 12.1. The molecule has 0 unspecified atom stereocenters. The standard InChI is InChI=1S/C26H31NO8/c1-16(24(29)30)33-23-21(27-17(2)28)26(31-14-13-18-9-5-3-6-10-18)34-20-15-32-25(35-22(20)23)19-11-7-4-8-12-19/h3-12,16,20-23,25-26H,13-15H2,1-2H3,(H,27,28)(H,29,30)/t16-,20+,21+,22+,23-,25-,26-/m1/s1. The van der Waals surface area contributed by atoms with E-state index in [9.17, 15) is 14.7 Å². The van der Waals surface area contributed by atoms with E-state index in [4.69, 9.17) is 23.7 Å². The molecule has 2 aliphatic heterocycles. The lowest BCUT2D eigenvalue weighted by Crippen LogP contribution is -2.68. The number of nitrogens with one attached hydrogen (secondary N) is 1. The Morgan fingerprint density at radius 2 is 1.77 bits per heavy atom. The molecule has 2 fully saturated rings. The first kappa shape index (κ1) is 25.3. The van der Waals surface area contributed by atoms with Crippen molar-refractivity contribution in [2.24, 2.45) is 0 Å². The van der Waals surface area contributed by atoms with E-state index in [0.29, 0.717) is 13.0 Å². The molecule has 9 nitrogen and oxygen atoms in total. The summed E-state index contributed by atoms with van der Waals surface area (Å²) >= 11 is 0. The molecule has 188 valence electrons. The van der Waals surface area contributed by atoms with Crippen molar-refractivity contribution < 1.29 is 38.4 Å². The van der Waals surface area contributed by atoms with Crippen LogP contribution in [0.5, 0.6) is 0 Å². The van der Waals surface area contributed by atoms with E-state index in [2.05, 4.69) is 5.32 Å². The smallest absolute Gasteiger partial charge is 0.332 e. The number of carbonyl (C=O) groups is 2. The van der Waals surface area contributed by atoms with Crippen molar-refractivity contribution in [3.8, 4) is 0 Å². The van der Waals surface area contributed by atoms with Crippen molar-refractivity contribution in [1.82, 2.24) is 5.32 Å². The van der Waals surface area contributed by atoms with Crippen LogP contribution in [0.2, 0.25) is 0 Å². The first-order valence-corrected chi connectivity index (χ1v) is 11.7. The van der Waals surface area contributed by atoms with E-state index in [-0.39, 0.29) is 12.5 Å². The van der Waals surface area contributed by atoms with Crippen LogP contribution in [0.15, 0.2) is 60.7 Å². The third-order valence-corrected chi connectivity index (χ3v) is 6.01. The average molecular weight is 486 g/mol. The largest absolute Gasteiger partial charge is 0.479 e. The Hall–Kier alpha value is -2.82. The van der Waals surface area contributed by atoms with Gasteiger partial charge >= 0.3 is 5.97 Å². The van der Waals surface area contributed by atoms with E-state index >= 15 is 0 Å². The number of aliphatic carboxylic acids is 1. The van der Waals surface area contributed by atoms with E-state index in [1.54, 1.807) is 0 Å². The Morgan fingerprint density at radius 3 is 2.43 bits per heavy atom. The fourth-order valence-corrected chi connectivity index (χ4v) is 4.27. The molecule has 0 radical (unpaired) electrons. The molecule has 1 amide bonds. The molecule has 2 aromatic carbocycles. The van der Waals surface area contributed by atoms with Crippen LogP contribution in [0.25, 0.3) is 0 Å². The Labute approximate surface area is 204 Å². The van der Waals surface area contributed by atoms with Gasteiger partial charge in [-0.05, 0) is 18.9 Å². The number of hydrogen-bond acceptors (Lipinski definition) is 7. The minimum absolute atomic E-state index is 0.191. The van der Waals surface area contributed by atoms with Crippen molar-refractivity contribution in [3.05, 3.63) is 71.8 Å². The fourth-order valence-electron chi connectivity index (χ4n) is 4.27. The highest BCUT2D eigenvalue weighted by Gasteiger charge is 2.52. The van der Waals surface area contributed by atoms with Gasteiger partial charge in [-0.2, -0.15) is 0 Å². The zero-order valence-corrected chi connectivity index (χ0v) is 19.7. The molecule has 2 aliphatic rings. The second kappa shape index (κ2) is 11.7. The van der Waals surface area contributed by atoms with Crippen LogP contribution in [0.1, 0.15) is 31.3 Å². The summed E-state index contributed by atoms with van der Waals surface area (Å²) in [6.45, 7) is 3.34. The second-order valence-corrected chi connectivity index (χ2v) is 8.63. The van der Waals surface area contributed by atoms with Gasteiger partial charge in [0, 0.05) is 12.5 Å². The number of benzene rings is 2. The molecule has 35 heavy (non-hydrogen) atoms. The van der Waals surface area contributed by atoms with E-state index < -0.39 is 49.0 Å². The molecule has 0 saturated carbocycles. The summed E-state index contributed by atoms with van der Waals surface area (Å²) in [6, 6.07) is 18.5. The van der Waals surface area contributed by atoms with Gasteiger partial charge in [-0.1, -0.05) is 60.7 Å². The monoisotopic (exact) mass is 485 g/mol. The van der Waals surface area contributed by atoms with Crippen LogP contribution in [0.3, 0.4) is 0 Å². The summed E-state index contributed by atoms with van der Waals surface area (Å²) in [4.78, 5) is 23.7. The third-order valence-electron chi connectivity index (χ3n) is 6.01. The summed E-state index contributed by atoms with van der Waals surface area (Å²) < 4.78 is 30.3. The van der Waals surface area contributed by atoms with E-state index in [0.717, 1.165) is 11.1 Å². The minimum Gasteiger partial charge on any atom is -0.479 e. The normalized spacial score (nSPS) is 29.1. The van der Waals surface area contributed by atoms with Gasteiger partial charge in [-0.3, -0.25) is 4.79 Å². The first-order valence-electron chi connectivity index (χ1n) is 11.7. The molecule has 2 N–H and O–H groups in total. The van der Waals surface area contributed by atoms with Gasteiger partial charge in [0.25, 0.3) is 0 Å². The number of carboxylic acids is 1. The van der Waals surface area contributed by atoms with Crippen LogP contribution < -0.4 is 5.32 Å². The zero-order valence-electron chi connectivity index (χ0n) is 19.7. The van der Waals surface area contributed by atoms with Crippen LogP contribution in [0, 0.1) is 0 Å². The van der Waals surface area contributed by atoms with Crippen LogP contribution >= 0.6 is 0 Å². The van der Waals surface area contributed by atoms with Gasteiger partial charge in [-0.25, -0.2) is 4.79 Å². The lowest BCUT2D eigenvalue weighted by atomic mass is 9.95. The quantitative estimate of drug-likeness (QED) is 0.557. The van der Waals surface area contributed by atoms with Crippen molar-refractivity contribution in [2.75, 3.05) is 13.2 Å². The summed E-state index contributed by atoms with van der Waals surface area (Å²) in [5.74, 6) is -1.44. The lowest BCUT2D eigenvalue weighted by Gasteiger charge is -2.49. The maximum Gasteiger partial charge on any atom is 0.332 e. The number of carbonyl (C=O) groups excluding carboxylic acids is 1. The topological polar surface area (TPSA) is 113 Å². The van der Waals surface area contributed by atoms with Crippen molar-refractivity contribution >= 4 is 11.9 Å². The van der Waals surface area contributed by atoms with Crippen molar-refractivity contribution in [1.29, 1.82) is 0 Å². The average Bonchev–Trinajstić information content (AvgIpc) is 2.86. The Kier molecular flexibility index (Phi) is 8.48. The van der Waals surface area contributed by atoms with E-state index in [1.807, 2.05) is 60.7 Å². The minimum atomic E-state index is -1.14. The number of hydrogen-bond donors (Lipinski definition) is 2. The highest BCUT2D eigenvalue weighted by atomic mass is 16.8. The molecule has 9 heteroatoms. The van der Waals surface area contributed by atoms with Gasteiger partial charge in [-0.15, -0.1) is 0 Å². The zero-order chi connectivity index (χ0) is 24.8. The summed E-state index contributed by atoms with van der Waals surface area (Å²) in [6.07, 6.45) is -4.17. The molecule has 0 bridgehead atoms. The number of rotatable bonds is 9. The van der Waals surface area contributed by atoms with Gasteiger partial charge < -0.3 is 34.1 Å². The van der Waals surface area contributed by atoms with Crippen LogP contribution in [-0.4, -0.2) is 66.9 Å². The van der Waals surface area contributed by atoms with E-state index in [1.165, 1.54) is 13.8 Å². The Balaban J connectivity index is 1.55. The van der Waals surface area contributed by atoms with Gasteiger partial charge in [0.2, 0.25) is 5.91 Å². The SMILES string of the molecule is CC(=O)N[C@@H]1[C@H](OCCc2ccccc2)O[C@H]2CO[C@@H](c3ccccc3)O[C@@H]2[C@@H]1O[C@H](C)C(=O)O. The van der Waals surface area contributed by atoms with Gasteiger partial charge in [0.1, 0.15) is 24.4 Å². The number of ether oxygens (including phenoxy) is 5. The first-order chi connectivity index (χ1) is 16.9. The molecular weight excluding hydrogens is 454 g/mol. The van der Waals surface area contributed by atoms with Crippen molar-refractivity contribution in [2.45, 2.75) is 63.3 Å². The molecule has 2 heterocycles. The highest BCUT2D eigenvalue weighted by Crippen LogP contribution is 2.36. The second-order valence-electron chi connectivity index (χ2n) is 8.63. The highest BCUT2D eigenvalue weighted by molar-refractivity contribution is 5.73. The number of carboxylic acid groups (broad SMARTS) is 1. The molecule has 7 atom stereocenters. The molecule has 0 aliphatic carbocycles. The predicted molar refractivity (Wildman–Crippen MR) is 124 cm³/mol. The summed E-state index contributed by atoms with van der Waals surface area (Å²) in [7, 11) is 0. The molecule has 2 saturated heterocycles. The maximum atomic E-state index is 12.1.